The van der Waals surface area contributed by atoms with Crippen molar-refractivity contribution >= 4 is 5.97 Å². The van der Waals surface area contributed by atoms with Crippen molar-refractivity contribution in [2.75, 3.05) is 19.7 Å². The van der Waals surface area contributed by atoms with Gasteiger partial charge in [0.05, 0.1) is 6.61 Å². The summed E-state index contributed by atoms with van der Waals surface area (Å²) in [5.74, 6) is 0.181. The minimum absolute atomic E-state index is 0.153. The molecule has 4 heteroatoms. The smallest absolute Gasteiger partial charge is 0.320 e. The zero-order valence-electron chi connectivity index (χ0n) is 13.8. The summed E-state index contributed by atoms with van der Waals surface area (Å²) in [5, 5.41) is 9.14. The molecule has 1 saturated heterocycles. The van der Waals surface area contributed by atoms with Crippen LogP contribution in [0.4, 0.5) is 0 Å². The normalized spacial score (nSPS) is 19.3. The number of benzene rings is 1. The molecule has 0 saturated carbocycles. The number of nitrogens with zero attached hydrogens (tertiary/aromatic N) is 1. The maximum Gasteiger partial charge on any atom is 0.320 e. The molecule has 0 aromatic heterocycles. The Morgan fingerprint density at radius 3 is 2.59 bits per heavy atom. The molecule has 4 nitrogen and oxygen atoms in total. The van der Waals surface area contributed by atoms with E-state index in [-0.39, 0.29) is 11.5 Å². The fraction of sp³-hybridized carbons (Fsp3) is 0.611. The molecular weight excluding hydrogens is 278 g/mol. The van der Waals surface area contributed by atoms with E-state index < -0.39 is 5.97 Å². The van der Waals surface area contributed by atoms with E-state index in [1.54, 1.807) is 0 Å². The van der Waals surface area contributed by atoms with Crippen LogP contribution in [-0.2, 0) is 10.2 Å². The van der Waals surface area contributed by atoms with Gasteiger partial charge in [-0.2, -0.15) is 0 Å². The van der Waals surface area contributed by atoms with Crippen LogP contribution in [0.2, 0.25) is 0 Å². The molecule has 1 aromatic rings. The minimum atomic E-state index is -0.698. The number of carboxylic acids is 1. The van der Waals surface area contributed by atoms with Gasteiger partial charge in [-0.1, -0.05) is 32.9 Å². The summed E-state index contributed by atoms with van der Waals surface area (Å²) in [5.41, 5.74) is 1.45. The summed E-state index contributed by atoms with van der Waals surface area (Å²) >= 11 is 0. The lowest BCUT2D eigenvalue weighted by molar-refractivity contribution is -0.142. The first-order valence-electron chi connectivity index (χ1n) is 8.08. The van der Waals surface area contributed by atoms with Gasteiger partial charge in [-0.05, 0) is 48.9 Å². The van der Waals surface area contributed by atoms with Crippen molar-refractivity contribution < 1.29 is 14.6 Å². The molecule has 122 valence electrons. The molecule has 1 aliphatic heterocycles. The average molecular weight is 305 g/mol. The summed E-state index contributed by atoms with van der Waals surface area (Å²) in [6.45, 7) is 8.87. The Hall–Kier alpha value is -1.55. The molecular formula is C18H27NO3. The first-order valence-corrected chi connectivity index (χ1v) is 8.08. The highest BCUT2D eigenvalue weighted by Crippen LogP contribution is 2.24. The lowest BCUT2D eigenvalue weighted by Gasteiger charge is -2.21. The highest BCUT2D eigenvalue weighted by molar-refractivity contribution is 5.73. The topological polar surface area (TPSA) is 49.8 Å². The number of rotatable bonds is 6. The zero-order valence-corrected chi connectivity index (χ0v) is 13.8. The van der Waals surface area contributed by atoms with Crippen LogP contribution in [0.5, 0.6) is 5.75 Å². The van der Waals surface area contributed by atoms with E-state index in [0.29, 0.717) is 6.61 Å². The molecule has 0 amide bonds. The Balaban J connectivity index is 1.74. The number of carbonyl (C=O) groups is 1. The average Bonchev–Trinajstić information content (AvgIpc) is 2.92. The second kappa shape index (κ2) is 7.14. The van der Waals surface area contributed by atoms with Crippen molar-refractivity contribution in [3.8, 4) is 5.75 Å². The molecule has 1 aromatic carbocycles. The van der Waals surface area contributed by atoms with E-state index in [1.165, 1.54) is 5.56 Å². The van der Waals surface area contributed by atoms with Gasteiger partial charge in [0.2, 0.25) is 0 Å². The third-order valence-electron chi connectivity index (χ3n) is 4.23. The molecule has 1 N–H and O–H groups in total. The van der Waals surface area contributed by atoms with Crippen molar-refractivity contribution in [1.82, 2.24) is 4.90 Å². The van der Waals surface area contributed by atoms with Gasteiger partial charge in [-0.25, -0.2) is 0 Å². The number of carboxylic acid groups (broad SMARTS) is 1. The fourth-order valence-electron chi connectivity index (χ4n) is 2.88. The molecule has 22 heavy (non-hydrogen) atoms. The Morgan fingerprint density at radius 2 is 2.00 bits per heavy atom. The zero-order chi connectivity index (χ0) is 16.2. The maximum atomic E-state index is 11.1. The van der Waals surface area contributed by atoms with E-state index in [2.05, 4.69) is 32.9 Å². The summed E-state index contributed by atoms with van der Waals surface area (Å²) in [7, 11) is 0. The third-order valence-corrected chi connectivity index (χ3v) is 4.23. The summed E-state index contributed by atoms with van der Waals surface area (Å²) < 4.78 is 5.76. The van der Waals surface area contributed by atoms with Crippen LogP contribution in [0.1, 0.15) is 45.6 Å². The molecule has 0 radical (unpaired) electrons. The second-order valence-electron chi connectivity index (χ2n) is 7.01. The highest BCUT2D eigenvalue weighted by atomic mass is 16.5. The van der Waals surface area contributed by atoms with E-state index in [1.807, 2.05) is 17.0 Å². The highest BCUT2D eigenvalue weighted by Gasteiger charge is 2.29. The van der Waals surface area contributed by atoms with Gasteiger partial charge in [0.25, 0.3) is 0 Å². The van der Waals surface area contributed by atoms with E-state index >= 15 is 0 Å². The first-order chi connectivity index (χ1) is 10.4. The molecule has 2 rings (SSSR count). The molecule has 0 bridgehead atoms. The van der Waals surface area contributed by atoms with Crippen molar-refractivity contribution in [2.24, 2.45) is 0 Å². The van der Waals surface area contributed by atoms with E-state index in [0.717, 1.165) is 38.1 Å². The molecule has 0 aliphatic carbocycles. The van der Waals surface area contributed by atoms with Gasteiger partial charge < -0.3 is 9.84 Å². The minimum Gasteiger partial charge on any atom is -0.494 e. The molecule has 0 spiro atoms. The van der Waals surface area contributed by atoms with Crippen LogP contribution >= 0.6 is 0 Å². The Bertz CT molecular complexity index is 490. The van der Waals surface area contributed by atoms with E-state index in [4.69, 9.17) is 9.84 Å². The molecule has 1 fully saturated rings. The summed E-state index contributed by atoms with van der Waals surface area (Å²) in [6.07, 6.45) is 2.60. The van der Waals surface area contributed by atoms with Crippen LogP contribution in [-0.4, -0.2) is 41.7 Å². The number of aliphatic carboxylic acids is 1. The van der Waals surface area contributed by atoms with Crippen LogP contribution in [0.3, 0.4) is 0 Å². The molecule has 1 atom stereocenters. The maximum absolute atomic E-state index is 11.1. The predicted octanol–water partition coefficient (Wildman–Crippen LogP) is 3.30. The van der Waals surface area contributed by atoms with Gasteiger partial charge in [-0.15, -0.1) is 0 Å². The van der Waals surface area contributed by atoms with Crippen molar-refractivity contribution in [3.63, 3.8) is 0 Å². The Kier molecular flexibility index (Phi) is 5.46. The molecule has 0 unspecified atom stereocenters. The Morgan fingerprint density at radius 1 is 1.32 bits per heavy atom. The van der Waals surface area contributed by atoms with E-state index in [9.17, 15) is 4.79 Å². The van der Waals surface area contributed by atoms with Gasteiger partial charge in [0.15, 0.2) is 0 Å². The lowest BCUT2D eigenvalue weighted by atomic mass is 9.87. The largest absolute Gasteiger partial charge is 0.494 e. The summed E-state index contributed by atoms with van der Waals surface area (Å²) in [6, 6.07) is 7.94. The lowest BCUT2D eigenvalue weighted by Crippen LogP contribution is -2.36. The van der Waals surface area contributed by atoms with Gasteiger partial charge in [0, 0.05) is 6.54 Å². The van der Waals surface area contributed by atoms with Gasteiger partial charge in [0.1, 0.15) is 11.8 Å². The first kappa shape index (κ1) is 16.8. The van der Waals surface area contributed by atoms with Gasteiger partial charge in [-0.3, -0.25) is 9.69 Å². The van der Waals surface area contributed by atoms with Crippen molar-refractivity contribution in [2.45, 2.75) is 51.5 Å². The Labute approximate surface area is 133 Å². The molecule has 1 aliphatic rings. The van der Waals surface area contributed by atoms with Crippen LogP contribution in [0.15, 0.2) is 24.3 Å². The number of ether oxygens (including phenoxy) is 1. The number of hydrogen-bond acceptors (Lipinski definition) is 3. The molecule has 1 heterocycles. The van der Waals surface area contributed by atoms with Crippen molar-refractivity contribution in [3.05, 3.63) is 29.8 Å². The van der Waals surface area contributed by atoms with Crippen LogP contribution in [0.25, 0.3) is 0 Å². The van der Waals surface area contributed by atoms with Crippen molar-refractivity contribution in [1.29, 1.82) is 0 Å². The fourth-order valence-corrected chi connectivity index (χ4v) is 2.88. The third kappa shape index (κ3) is 4.47. The summed E-state index contributed by atoms with van der Waals surface area (Å²) in [4.78, 5) is 13.2. The van der Waals surface area contributed by atoms with Crippen LogP contribution < -0.4 is 4.74 Å². The van der Waals surface area contributed by atoms with Gasteiger partial charge >= 0.3 is 5.97 Å². The quantitative estimate of drug-likeness (QED) is 0.819. The number of likely N-dealkylation sites (tertiary alicyclic amines) is 1. The second-order valence-corrected chi connectivity index (χ2v) is 7.01. The monoisotopic (exact) mass is 305 g/mol. The number of hydrogen-bond donors (Lipinski definition) is 1. The predicted molar refractivity (Wildman–Crippen MR) is 87.5 cm³/mol. The van der Waals surface area contributed by atoms with Crippen LogP contribution in [0, 0.1) is 0 Å². The standard InChI is InChI=1S/C18H27NO3/c1-18(2,3)14-7-9-15(10-8-14)22-13-5-12-19-11-4-6-16(19)17(20)21/h7-10,16H,4-6,11-13H2,1-3H3,(H,20,21)/t16-/m1/s1. The SMILES string of the molecule is CC(C)(C)c1ccc(OCCCN2CCC[C@@H]2C(=O)O)cc1.